The number of phenols is 1. The predicted molar refractivity (Wildman–Crippen MR) is 70.5 cm³/mol. The molecule has 0 saturated heterocycles. The Hall–Kier alpha value is -1.62. The molecule has 4 nitrogen and oxygen atoms in total. The molecule has 106 valence electrons. The molecule has 1 amide bonds. The van der Waals surface area contributed by atoms with Crippen molar-refractivity contribution in [2.75, 3.05) is 6.54 Å². The smallest absolute Gasteiger partial charge is 0.255 e. The number of hydrogen-bond donors (Lipinski definition) is 3. The van der Waals surface area contributed by atoms with Crippen molar-refractivity contribution in [2.24, 2.45) is 5.92 Å². The van der Waals surface area contributed by atoms with Gasteiger partial charge >= 0.3 is 0 Å². The van der Waals surface area contributed by atoms with Crippen LogP contribution < -0.4 is 5.32 Å². The highest BCUT2D eigenvalue weighted by Crippen LogP contribution is 2.19. The lowest BCUT2D eigenvalue weighted by Crippen LogP contribution is -2.41. The molecule has 1 atom stereocenters. The van der Waals surface area contributed by atoms with Gasteiger partial charge in [0.15, 0.2) is 0 Å². The third-order valence-electron chi connectivity index (χ3n) is 2.68. The summed E-state index contributed by atoms with van der Waals surface area (Å²) in [5, 5.41) is 22.0. The number of benzene rings is 1. The zero-order valence-corrected chi connectivity index (χ0v) is 11.4. The Morgan fingerprint density at radius 2 is 2.11 bits per heavy atom. The topological polar surface area (TPSA) is 69.6 Å². The average molecular weight is 269 g/mol. The normalized spacial score (nSPS) is 14.2. The first kappa shape index (κ1) is 15.4. The summed E-state index contributed by atoms with van der Waals surface area (Å²) in [5.74, 6) is -1.21. The molecule has 0 saturated carbocycles. The second-order valence-electron chi connectivity index (χ2n) is 5.44. The van der Waals surface area contributed by atoms with Crippen LogP contribution in [0.3, 0.4) is 0 Å². The first-order chi connectivity index (χ1) is 8.71. The van der Waals surface area contributed by atoms with Crippen molar-refractivity contribution in [1.29, 1.82) is 0 Å². The largest absolute Gasteiger partial charge is 0.507 e. The summed E-state index contributed by atoms with van der Waals surface area (Å²) in [5.41, 5.74) is -1.17. The van der Waals surface area contributed by atoms with Gasteiger partial charge in [0, 0.05) is 6.54 Å². The van der Waals surface area contributed by atoms with Gasteiger partial charge in [-0.2, -0.15) is 0 Å². The van der Waals surface area contributed by atoms with E-state index >= 15 is 0 Å². The second kappa shape index (κ2) is 6.02. The number of rotatable bonds is 5. The Morgan fingerprint density at radius 3 is 2.68 bits per heavy atom. The number of halogens is 1. The van der Waals surface area contributed by atoms with Crippen LogP contribution >= 0.6 is 0 Å². The number of nitrogens with one attached hydrogen (secondary N) is 1. The molecule has 0 heterocycles. The average Bonchev–Trinajstić information content (AvgIpc) is 2.27. The molecule has 0 spiro atoms. The Morgan fingerprint density at radius 1 is 1.47 bits per heavy atom. The van der Waals surface area contributed by atoms with E-state index in [4.69, 9.17) is 0 Å². The van der Waals surface area contributed by atoms with E-state index in [1.165, 1.54) is 0 Å². The van der Waals surface area contributed by atoms with Crippen LogP contribution in [0.1, 0.15) is 37.6 Å². The SMILES string of the molecule is CC(C)CC(C)(O)CNC(=O)c1cc(F)ccc1O. The molecule has 0 fully saturated rings. The van der Waals surface area contributed by atoms with Gasteiger partial charge in [-0.25, -0.2) is 4.39 Å². The minimum absolute atomic E-state index is 0.0416. The fraction of sp³-hybridized carbons (Fsp3) is 0.500. The van der Waals surface area contributed by atoms with Gasteiger partial charge in [0.1, 0.15) is 11.6 Å². The van der Waals surface area contributed by atoms with Gasteiger partial charge in [-0.15, -0.1) is 0 Å². The third-order valence-corrected chi connectivity index (χ3v) is 2.68. The molecular formula is C14H20FNO3. The van der Waals surface area contributed by atoms with E-state index in [1.54, 1.807) is 6.92 Å². The standard InChI is InChI=1S/C14H20FNO3/c1-9(2)7-14(3,19)8-16-13(18)11-6-10(15)4-5-12(11)17/h4-6,9,17,19H,7-8H2,1-3H3,(H,16,18). The minimum Gasteiger partial charge on any atom is -0.507 e. The van der Waals surface area contributed by atoms with Gasteiger partial charge in [0.25, 0.3) is 5.91 Å². The third kappa shape index (κ3) is 4.87. The summed E-state index contributed by atoms with van der Waals surface area (Å²) in [6.45, 7) is 5.60. The van der Waals surface area contributed by atoms with E-state index in [2.05, 4.69) is 5.32 Å². The Kier molecular flexibility index (Phi) is 4.89. The van der Waals surface area contributed by atoms with Crippen LogP contribution in [0.2, 0.25) is 0 Å². The lowest BCUT2D eigenvalue weighted by molar-refractivity contribution is 0.0368. The molecular weight excluding hydrogens is 249 g/mol. The monoisotopic (exact) mass is 269 g/mol. The Labute approximate surface area is 112 Å². The highest BCUT2D eigenvalue weighted by Gasteiger charge is 2.23. The number of aliphatic hydroxyl groups is 1. The minimum atomic E-state index is -1.03. The van der Waals surface area contributed by atoms with Crippen molar-refractivity contribution < 1.29 is 19.4 Å². The highest BCUT2D eigenvalue weighted by molar-refractivity contribution is 5.96. The fourth-order valence-corrected chi connectivity index (χ4v) is 2.01. The van der Waals surface area contributed by atoms with E-state index in [9.17, 15) is 19.4 Å². The van der Waals surface area contributed by atoms with Gasteiger partial charge in [0.05, 0.1) is 11.2 Å². The highest BCUT2D eigenvalue weighted by atomic mass is 19.1. The first-order valence-electron chi connectivity index (χ1n) is 6.20. The lowest BCUT2D eigenvalue weighted by atomic mass is 9.94. The molecule has 1 unspecified atom stereocenters. The van der Waals surface area contributed by atoms with Gasteiger partial charge in [-0.05, 0) is 37.5 Å². The van der Waals surface area contributed by atoms with Crippen molar-refractivity contribution in [3.8, 4) is 5.75 Å². The van der Waals surface area contributed by atoms with E-state index in [-0.39, 0.29) is 23.8 Å². The molecule has 0 bridgehead atoms. The number of carbonyl (C=O) groups excluding carboxylic acids is 1. The molecule has 0 aliphatic heterocycles. The number of amides is 1. The molecule has 0 aromatic heterocycles. The van der Waals surface area contributed by atoms with Crippen molar-refractivity contribution in [3.63, 3.8) is 0 Å². The van der Waals surface area contributed by atoms with Gasteiger partial charge in [0.2, 0.25) is 0 Å². The van der Waals surface area contributed by atoms with Crippen LogP contribution in [0.15, 0.2) is 18.2 Å². The second-order valence-corrected chi connectivity index (χ2v) is 5.44. The van der Waals surface area contributed by atoms with Crippen LogP contribution in [0.4, 0.5) is 4.39 Å². The van der Waals surface area contributed by atoms with Crippen molar-refractivity contribution in [2.45, 2.75) is 32.8 Å². The molecule has 1 rings (SSSR count). The number of aromatic hydroxyl groups is 1. The van der Waals surface area contributed by atoms with Crippen LogP contribution in [0.5, 0.6) is 5.75 Å². The number of hydrogen-bond acceptors (Lipinski definition) is 3. The fourth-order valence-electron chi connectivity index (χ4n) is 2.01. The maximum atomic E-state index is 13.0. The van der Waals surface area contributed by atoms with Crippen LogP contribution in [-0.4, -0.2) is 28.3 Å². The first-order valence-corrected chi connectivity index (χ1v) is 6.20. The van der Waals surface area contributed by atoms with E-state index < -0.39 is 17.3 Å². The number of phenolic OH excluding ortho intramolecular Hbond substituents is 1. The molecule has 0 aliphatic carbocycles. The molecule has 19 heavy (non-hydrogen) atoms. The summed E-state index contributed by atoms with van der Waals surface area (Å²) >= 11 is 0. The van der Waals surface area contributed by atoms with Crippen molar-refractivity contribution >= 4 is 5.91 Å². The van der Waals surface area contributed by atoms with Crippen LogP contribution in [0.25, 0.3) is 0 Å². The lowest BCUT2D eigenvalue weighted by Gasteiger charge is -2.25. The van der Waals surface area contributed by atoms with Crippen LogP contribution in [-0.2, 0) is 0 Å². The van der Waals surface area contributed by atoms with E-state index in [1.807, 2.05) is 13.8 Å². The van der Waals surface area contributed by atoms with Crippen molar-refractivity contribution in [1.82, 2.24) is 5.32 Å². The zero-order chi connectivity index (χ0) is 14.6. The van der Waals surface area contributed by atoms with Gasteiger partial charge < -0.3 is 15.5 Å². The van der Waals surface area contributed by atoms with Gasteiger partial charge in [-0.3, -0.25) is 4.79 Å². The molecule has 0 aliphatic rings. The zero-order valence-electron chi connectivity index (χ0n) is 11.4. The van der Waals surface area contributed by atoms with E-state index in [0.29, 0.717) is 6.42 Å². The molecule has 0 radical (unpaired) electrons. The quantitative estimate of drug-likeness (QED) is 0.766. The Bertz CT molecular complexity index is 458. The maximum Gasteiger partial charge on any atom is 0.255 e. The summed E-state index contributed by atoms with van der Waals surface area (Å²) in [4.78, 5) is 11.8. The number of carbonyl (C=O) groups is 1. The van der Waals surface area contributed by atoms with Crippen molar-refractivity contribution in [3.05, 3.63) is 29.6 Å². The van der Waals surface area contributed by atoms with Gasteiger partial charge in [-0.1, -0.05) is 13.8 Å². The Balaban J connectivity index is 2.68. The molecule has 3 N–H and O–H groups in total. The van der Waals surface area contributed by atoms with E-state index in [0.717, 1.165) is 18.2 Å². The summed E-state index contributed by atoms with van der Waals surface area (Å²) in [6, 6.07) is 3.15. The van der Waals surface area contributed by atoms with Crippen LogP contribution in [0, 0.1) is 11.7 Å². The maximum absolute atomic E-state index is 13.0. The molecule has 5 heteroatoms. The predicted octanol–water partition coefficient (Wildman–Crippen LogP) is 2.06. The summed E-state index contributed by atoms with van der Waals surface area (Å²) in [6.07, 6.45) is 0.530. The summed E-state index contributed by atoms with van der Waals surface area (Å²) in [7, 11) is 0. The summed E-state index contributed by atoms with van der Waals surface area (Å²) < 4.78 is 13.0. The molecule has 1 aromatic rings. The molecule has 1 aromatic carbocycles.